The fourth-order valence-electron chi connectivity index (χ4n) is 2.55. The Hall–Kier alpha value is -3.63. The van der Waals surface area contributed by atoms with Gasteiger partial charge in [-0.25, -0.2) is 4.79 Å². The first kappa shape index (κ1) is 18.2. The Morgan fingerprint density at radius 2 is 2.19 bits per heavy atom. The molecule has 0 aliphatic rings. The van der Waals surface area contributed by atoms with E-state index in [0.29, 0.717) is 16.7 Å². The van der Waals surface area contributed by atoms with Crippen LogP contribution in [0.5, 0.6) is 0 Å². The predicted octanol–water partition coefficient (Wildman–Crippen LogP) is 4.13. The second-order valence-corrected chi connectivity index (χ2v) is 5.95. The van der Waals surface area contributed by atoms with Gasteiger partial charge < -0.3 is 9.14 Å². The number of fused-ring (bicyclic) bond motifs is 1. The van der Waals surface area contributed by atoms with Crippen molar-refractivity contribution < 1.29 is 14.5 Å². The van der Waals surface area contributed by atoms with Gasteiger partial charge in [-0.15, -0.1) is 0 Å². The van der Waals surface area contributed by atoms with E-state index in [9.17, 15) is 20.2 Å². The largest absolute Gasteiger partial charge is 0.458 e. The molecule has 0 amide bonds. The molecule has 0 fully saturated rings. The third kappa shape index (κ3) is 3.97. The number of esters is 1. The average Bonchev–Trinajstić information content (AvgIpc) is 3.02. The molecule has 8 heteroatoms. The van der Waals surface area contributed by atoms with Crippen LogP contribution in [-0.4, -0.2) is 15.3 Å². The Morgan fingerprint density at radius 3 is 2.93 bits per heavy atom. The zero-order valence-corrected chi connectivity index (χ0v) is 14.6. The fraction of sp³-hybridized carbons (Fsp3) is 0.0526. The first-order valence-corrected chi connectivity index (χ1v) is 8.15. The van der Waals surface area contributed by atoms with Crippen molar-refractivity contribution in [3.05, 3.63) is 86.7 Å². The number of benzene rings is 1. The van der Waals surface area contributed by atoms with Crippen LogP contribution in [0.3, 0.4) is 0 Å². The first-order chi connectivity index (χ1) is 13.0. The summed E-state index contributed by atoms with van der Waals surface area (Å²) in [5.41, 5.74) is 1.96. The highest BCUT2D eigenvalue weighted by atomic mass is 35.5. The molecule has 0 aliphatic heterocycles. The lowest BCUT2D eigenvalue weighted by Gasteiger charge is -2.00. The molecular formula is C19H12ClN3O4. The number of nitrogens with zero attached hydrogens (tertiary/aromatic N) is 3. The van der Waals surface area contributed by atoms with Gasteiger partial charge in [0.15, 0.2) is 0 Å². The van der Waals surface area contributed by atoms with E-state index in [-0.39, 0.29) is 17.3 Å². The van der Waals surface area contributed by atoms with Gasteiger partial charge in [-0.2, -0.15) is 5.26 Å². The summed E-state index contributed by atoms with van der Waals surface area (Å²) < 4.78 is 6.96. The molecule has 7 nitrogen and oxygen atoms in total. The van der Waals surface area contributed by atoms with Crippen molar-refractivity contribution >= 4 is 34.9 Å². The van der Waals surface area contributed by atoms with Gasteiger partial charge in [0.2, 0.25) is 0 Å². The van der Waals surface area contributed by atoms with Crippen LogP contribution in [-0.2, 0) is 16.1 Å². The number of ether oxygens (including phenoxy) is 1. The Bertz CT molecular complexity index is 1110. The number of carbonyl (C=O) groups excluding carboxylic acids is 1. The molecule has 0 aliphatic carbocycles. The van der Waals surface area contributed by atoms with Gasteiger partial charge in [0.1, 0.15) is 17.7 Å². The van der Waals surface area contributed by atoms with E-state index in [1.807, 2.05) is 12.1 Å². The van der Waals surface area contributed by atoms with Crippen LogP contribution < -0.4 is 0 Å². The Morgan fingerprint density at radius 1 is 1.37 bits per heavy atom. The zero-order chi connectivity index (χ0) is 19.4. The van der Waals surface area contributed by atoms with Crippen molar-refractivity contribution in [3.8, 4) is 6.07 Å². The van der Waals surface area contributed by atoms with E-state index in [1.165, 1.54) is 18.2 Å². The number of nitro benzene ring substituents is 1. The van der Waals surface area contributed by atoms with Crippen LogP contribution >= 0.6 is 11.6 Å². The standard InChI is InChI=1S/C19H12ClN3O4/c20-16-6-4-13(9-18(16)23(25)26)5-7-19(24)27-12-14-11-22-8-2-1-3-17(22)15(14)10-21/h1-9,11H,12H2. The molecule has 3 rings (SSSR count). The summed E-state index contributed by atoms with van der Waals surface area (Å²) >= 11 is 5.75. The van der Waals surface area contributed by atoms with Crippen molar-refractivity contribution in [2.75, 3.05) is 0 Å². The number of rotatable bonds is 5. The molecule has 0 saturated heterocycles. The third-order valence-electron chi connectivity index (χ3n) is 3.82. The molecule has 1 aromatic carbocycles. The van der Waals surface area contributed by atoms with Gasteiger partial charge in [-0.1, -0.05) is 23.7 Å². The maximum absolute atomic E-state index is 11.9. The summed E-state index contributed by atoms with van der Waals surface area (Å²) in [5, 5.41) is 20.2. The maximum Gasteiger partial charge on any atom is 0.331 e. The van der Waals surface area contributed by atoms with Crippen LogP contribution in [0.25, 0.3) is 11.6 Å². The molecule has 0 saturated carbocycles. The zero-order valence-electron chi connectivity index (χ0n) is 13.8. The lowest BCUT2D eigenvalue weighted by atomic mass is 10.2. The minimum absolute atomic E-state index is 0.0181. The van der Waals surface area contributed by atoms with Gasteiger partial charge in [-0.05, 0) is 29.8 Å². The number of pyridine rings is 1. The van der Waals surface area contributed by atoms with E-state index >= 15 is 0 Å². The molecule has 0 bridgehead atoms. The van der Waals surface area contributed by atoms with E-state index in [1.54, 1.807) is 28.9 Å². The Balaban J connectivity index is 1.70. The normalized spacial score (nSPS) is 10.8. The summed E-state index contributed by atoms with van der Waals surface area (Å²) in [7, 11) is 0. The predicted molar refractivity (Wildman–Crippen MR) is 99.0 cm³/mol. The molecule has 0 unspecified atom stereocenters. The summed E-state index contributed by atoms with van der Waals surface area (Å²) in [6.07, 6.45) is 6.09. The van der Waals surface area contributed by atoms with Gasteiger partial charge in [0.05, 0.1) is 16.0 Å². The quantitative estimate of drug-likeness (QED) is 0.286. The van der Waals surface area contributed by atoms with Gasteiger partial charge in [0, 0.05) is 30.1 Å². The first-order valence-electron chi connectivity index (χ1n) is 7.77. The van der Waals surface area contributed by atoms with Crippen molar-refractivity contribution in [2.45, 2.75) is 6.61 Å². The highest BCUT2D eigenvalue weighted by Crippen LogP contribution is 2.25. The number of nitriles is 1. The number of hydrogen-bond donors (Lipinski definition) is 0. The number of halogens is 1. The lowest BCUT2D eigenvalue weighted by Crippen LogP contribution is -2.01. The smallest absolute Gasteiger partial charge is 0.331 e. The average molecular weight is 382 g/mol. The number of aromatic nitrogens is 1. The minimum Gasteiger partial charge on any atom is -0.458 e. The van der Waals surface area contributed by atoms with Crippen LogP contribution in [0.1, 0.15) is 16.7 Å². The van der Waals surface area contributed by atoms with Crippen LogP contribution in [0.15, 0.2) is 54.9 Å². The van der Waals surface area contributed by atoms with Crippen LogP contribution in [0, 0.1) is 21.4 Å². The summed E-state index contributed by atoms with van der Waals surface area (Å²) in [6.45, 7) is -0.0610. The van der Waals surface area contributed by atoms with E-state index < -0.39 is 10.9 Å². The molecule has 0 spiro atoms. The third-order valence-corrected chi connectivity index (χ3v) is 4.14. The summed E-state index contributed by atoms with van der Waals surface area (Å²) in [6, 6.07) is 11.8. The van der Waals surface area contributed by atoms with Gasteiger partial charge >= 0.3 is 5.97 Å². The molecule has 0 N–H and O–H groups in total. The van der Waals surface area contributed by atoms with Crippen molar-refractivity contribution in [2.24, 2.45) is 0 Å². The summed E-state index contributed by atoms with van der Waals surface area (Å²) in [5.74, 6) is -0.633. The van der Waals surface area contributed by atoms with Crippen molar-refractivity contribution in [1.82, 2.24) is 4.40 Å². The number of nitro groups is 1. The Labute approximate surface area is 158 Å². The van der Waals surface area contributed by atoms with Gasteiger partial charge in [-0.3, -0.25) is 10.1 Å². The second-order valence-electron chi connectivity index (χ2n) is 5.54. The lowest BCUT2D eigenvalue weighted by molar-refractivity contribution is -0.384. The molecule has 3 aromatic rings. The molecule has 0 radical (unpaired) electrons. The minimum atomic E-state index is -0.633. The molecule has 0 atom stereocenters. The van der Waals surface area contributed by atoms with Gasteiger partial charge in [0.25, 0.3) is 5.69 Å². The molecular weight excluding hydrogens is 370 g/mol. The van der Waals surface area contributed by atoms with Crippen LogP contribution in [0.4, 0.5) is 5.69 Å². The second kappa shape index (κ2) is 7.72. The maximum atomic E-state index is 11.9. The highest BCUT2D eigenvalue weighted by Gasteiger charge is 2.13. The van der Waals surface area contributed by atoms with Crippen molar-refractivity contribution in [3.63, 3.8) is 0 Å². The topological polar surface area (TPSA) is 97.6 Å². The number of hydrogen-bond acceptors (Lipinski definition) is 5. The molecule has 134 valence electrons. The molecule has 27 heavy (non-hydrogen) atoms. The molecule has 2 aromatic heterocycles. The van der Waals surface area contributed by atoms with Crippen molar-refractivity contribution in [1.29, 1.82) is 5.26 Å². The molecule has 2 heterocycles. The monoisotopic (exact) mass is 381 g/mol. The van der Waals surface area contributed by atoms with Crippen LogP contribution in [0.2, 0.25) is 5.02 Å². The number of carbonyl (C=O) groups is 1. The summed E-state index contributed by atoms with van der Waals surface area (Å²) in [4.78, 5) is 22.2. The highest BCUT2D eigenvalue weighted by molar-refractivity contribution is 6.32. The SMILES string of the molecule is N#Cc1c(COC(=O)C=Cc2ccc(Cl)c([N+](=O)[O-])c2)cn2ccccc12. The van der Waals surface area contributed by atoms with E-state index in [2.05, 4.69) is 6.07 Å². The van der Waals surface area contributed by atoms with E-state index in [0.717, 1.165) is 11.6 Å². The Kier molecular flexibility index (Phi) is 5.20. The fourth-order valence-corrected chi connectivity index (χ4v) is 2.74. The van der Waals surface area contributed by atoms with E-state index in [4.69, 9.17) is 16.3 Å².